The van der Waals surface area contributed by atoms with Gasteiger partial charge in [0.2, 0.25) is 0 Å². The monoisotopic (exact) mass is 253 g/mol. The van der Waals surface area contributed by atoms with E-state index >= 15 is 0 Å². The number of nitrogens with zero attached hydrogens (tertiary/aromatic N) is 1. The van der Waals surface area contributed by atoms with E-state index in [9.17, 15) is 5.11 Å². The Labute approximate surface area is 113 Å². The van der Waals surface area contributed by atoms with Crippen LogP contribution in [0.15, 0.2) is 0 Å². The lowest BCUT2D eigenvalue weighted by atomic mass is 9.88. The van der Waals surface area contributed by atoms with Crippen molar-refractivity contribution in [1.29, 1.82) is 0 Å². The highest BCUT2D eigenvalue weighted by molar-refractivity contribution is 5.05. The third-order valence-corrected chi connectivity index (χ3v) is 4.66. The van der Waals surface area contributed by atoms with Gasteiger partial charge in [-0.15, -0.1) is 0 Å². The summed E-state index contributed by atoms with van der Waals surface area (Å²) in [5, 5.41) is 10.2. The number of rotatable bonds is 10. The first-order valence-corrected chi connectivity index (χ1v) is 8.19. The molecule has 1 heterocycles. The van der Waals surface area contributed by atoms with Gasteiger partial charge in [-0.2, -0.15) is 0 Å². The van der Waals surface area contributed by atoms with Crippen molar-refractivity contribution < 1.29 is 5.11 Å². The second-order valence-electron chi connectivity index (χ2n) is 6.56. The minimum atomic E-state index is -0.278. The molecule has 1 saturated heterocycles. The Morgan fingerprint density at radius 3 is 2.06 bits per heavy atom. The lowest BCUT2D eigenvalue weighted by Gasteiger charge is -2.47. The van der Waals surface area contributed by atoms with Crippen molar-refractivity contribution in [2.24, 2.45) is 5.92 Å². The molecule has 2 rings (SSSR count). The SMILES string of the molecule is CCCCCCCCCCN1CC(O)(C2CC2)C1. The largest absolute Gasteiger partial charge is 0.387 e. The third kappa shape index (κ3) is 4.24. The molecule has 106 valence electrons. The van der Waals surface area contributed by atoms with Crippen LogP contribution in [0.5, 0.6) is 0 Å². The molecule has 1 aliphatic heterocycles. The maximum Gasteiger partial charge on any atom is 0.0928 e. The van der Waals surface area contributed by atoms with Gasteiger partial charge < -0.3 is 5.11 Å². The molecule has 2 fully saturated rings. The van der Waals surface area contributed by atoms with E-state index in [-0.39, 0.29) is 5.60 Å². The van der Waals surface area contributed by atoms with Crippen LogP contribution in [0, 0.1) is 5.92 Å². The third-order valence-electron chi connectivity index (χ3n) is 4.66. The van der Waals surface area contributed by atoms with E-state index in [1.54, 1.807) is 0 Å². The molecule has 18 heavy (non-hydrogen) atoms. The smallest absolute Gasteiger partial charge is 0.0928 e. The lowest BCUT2D eigenvalue weighted by Crippen LogP contribution is -2.63. The van der Waals surface area contributed by atoms with Crippen LogP contribution in [0.4, 0.5) is 0 Å². The number of likely N-dealkylation sites (tertiary alicyclic amines) is 1. The number of unbranched alkanes of at least 4 members (excludes halogenated alkanes) is 7. The van der Waals surface area contributed by atoms with E-state index in [2.05, 4.69) is 11.8 Å². The van der Waals surface area contributed by atoms with E-state index in [4.69, 9.17) is 0 Å². The van der Waals surface area contributed by atoms with Crippen LogP contribution in [0.1, 0.15) is 71.1 Å². The Morgan fingerprint density at radius 2 is 1.50 bits per heavy atom. The number of hydrogen-bond donors (Lipinski definition) is 1. The van der Waals surface area contributed by atoms with Crippen molar-refractivity contribution in [3.63, 3.8) is 0 Å². The summed E-state index contributed by atoms with van der Waals surface area (Å²) in [6.45, 7) is 5.39. The Bertz CT molecular complexity index is 231. The Hall–Kier alpha value is -0.0800. The highest BCUT2D eigenvalue weighted by atomic mass is 16.3. The van der Waals surface area contributed by atoms with Gasteiger partial charge in [0.25, 0.3) is 0 Å². The highest BCUT2D eigenvalue weighted by Crippen LogP contribution is 2.44. The maximum absolute atomic E-state index is 10.2. The van der Waals surface area contributed by atoms with Gasteiger partial charge in [-0.25, -0.2) is 0 Å². The van der Waals surface area contributed by atoms with Crippen molar-refractivity contribution in [2.45, 2.75) is 76.7 Å². The predicted molar refractivity (Wildman–Crippen MR) is 76.7 cm³/mol. The van der Waals surface area contributed by atoms with Crippen molar-refractivity contribution in [3.8, 4) is 0 Å². The molecule has 1 N–H and O–H groups in total. The molecule has 2 heteroatoms. The number of aliphatic hydroxyl groups is 1. The van der Waals surface area contributed by atoms with Crippen LogP contribution in [0.2, 0.25) is 0 Å². The van der Waals surface area contributed by atoms with Gasteiger partial charge in [0.1, 0.15) is 0 Å². The molecule has 0 unspecified atom stereocenters. The molecule has 1 saturated carbocycles. The first kappa shape index (κ1) is 14.3. The minimum Gasteiger partial charge on any atom is -0.387 e. The molecule has 0 aromatic heterocycles. The normalized spacial score (nSPS) is 23.0. The number of hydrogen-bond acceptors (Lipinski definition) is 2. The van der Waals surface area contributed by atoms with Gasteiger partial charge >= 0.3 is 0 Å². The summed E-state index contributed by atoms with van der Waals surface area (Å²) in [5.74, 6) is 0.646. The molecule has 0 aromatic carbocycles. The summed E-state index contributed by atoms with van der Waals surface area (Å²) in [5.41, 5.74) is -0.278. The first-order chi connectivity index (χ1) is 8.74. The Morgan fingerprint density at radius 1 is 0.944 bits per heavy atom. The van der Waals surface area contributed by atoms with Gasteiger partial charge in [0.15, 0.2) is 0 Å². The molecule has 1 aliphatic carbocycles. The summed E-state index contributed by atoms with van der Waals surface area (Å²) in [6.07, 6.45) is 13.7. The van der Waals surface area contributed by atoms with Crippen LogP contribution in [0.3, 0.4) is 0 Å². The molecule has 0 amide bonds. The fourth-order valence-corrected chi connectivity index (χ4v) is 3.23. The van der Waals surface area contributed by atoms with E-state index in [1.165, 1.54) is 70.8 Å². The van der Waals surface area contributed by atoms with Crippen LogP contribution in [-0.4, -0.2) is 35.2 Å². The van der Waals surface area contributed by atoms with E-state index < -0.39 is 0 Å². The molecular formula is C16H31NO. The molecule has 0 aromatic rings. The standard InChI is InChI=1S/C16H31NO/c1-2-3-4-5-6-7-8-9-12-17-13-16(18,14-17)15-10-11-15/h15,18H,2-14H2,1H3. The van der Waals surface area contributed by atoms with Crippen LogP contribution in [0.25, 0.3) is 0 Å². The maximum atomic E-state index is 10.2. The first-order valence-electron chi connectivity index (χ1n) is 8.19. The summed E-state index contributed by atoms with van der Waals surface area (Å²) in [7, 11) is 0. The molecule has 0 radical (unpaired) electrons. The van der Waals surface area contributed by atoms with Gasteiger partial charge in [-0.05, 0) is 31.7 Å². The zero-order valence-corrected chi connectivity index (χ0v) is 12.2. The molecular weight excluding hydrogens is 222 g/mol. The predicted octanol–water partition coefficient (Wildman–Crippen LogP) is 3.58. The fraction of sp³-hybridized carbons (Fsp3) is 1.00. The zero-order valence-electron chi connectivity index (χ0n) is 12.2. The Balaban J connectivity index is 1.36. The van der Waals surface area contributed by atoms with E-state index in [0.29, 0.717) is 5.92 Å². The van der Waals surface area contributed by atoms with Crippen LogP contribution < -0.4 is 0 Å². The summed E-state index contributed by atoms with van der Waals surface area (Å²) >= 11 is 0. The molecule has 0 bridgehead atoms. The topological polar surface area (TPSA) is 23.5 Å². The second kappa shape index (κ2) is 6.91. The van der Waals surface area contributed by atoms with Crippen LogP contribution in [-0.2, 0) is 0 Å². The average Bonchev–Trinajstić information content (AvgIpc) is 3.14. The quantitative estimate of drug-likeness (QED) is 0.602. The molecule has 2 aliphatic rings. The zero-order chi connectivity index (χ0) is 12.8. The van der Waals surface area contributed by atoms with Gasteiger partial charge in [0, 0.05) is 13.1 Å². The molecule has 2 nitrogen and oxygen atoms in total. The van der Waals surface area contributed by atoms with Crippen molar-refractivity contribution >= 4 is 0 Å². The minimum absolute atomic E-state index is 0.278. The molecule has 0 atom stereocenters. The summed E-state index contributed by atoms with van der Waals surface area (Å²) < 4.78 is 0. The van der Waals surface area contributed by atoms with Gasteiger partial charge in [0.05, 0.1) is 5.60 Å². The average molecular weight is 253 g/mol. The van der Waals surface area contributed by atoms with Crippen molar-refractivity contribution in [2.75, 3.05) is 19.6 Å². The van der Waals surface area contributed by atoms with E-state index in [1.807, 2.05) is 0 Å². The number of β-amino-alcohol motifs (C(OH)–C–C–N with tert-alkyl or cyclic N) is 1. The lowest BCUT2D eigenvalue weighted by molar-refractivity contribution is -0.113. The van der Waals surface area contributed by atoms with E-state index in [0.717, 1.165) is 13.1 Å². The fourth-order valence-electron chi connectivity index (χ4n) is 3.23. The van der Waals surface area contributed by atoms with Crippen molar-refractivity contribution in [1.82, 2.24) is 4.90 Å². The highest BCUT2D eigenvalue weighted by Gasteiger charge is 2.51. The van der Waals surface area contributed by atoms with Crippen LogP contribution >= 0.6 is 0 Å². The molecule has 0 spiro atoms. The summed E-state index contributed by atoms with van der Waals surface area (Å²) in [6, 6.07) is 0. The van der Waals surface area contributed by atoms with Gasteiger partial charge in [-0.1, -0.05) is 51.9 Å². The Kier molecular flexibility index (Phi) is 5.50. The second-order valence-corrected chi connectivity index (χ2v) is 6.56. The van der Waals surface area contributed by atoms with Crippen molar-refractivity contribution in [3.05, 3.63) is 0 Å². The summed E-state index contributed by atoms with van der Waals surface area (Å²) in [4.78, 5) is 2.44. The van der Waals surface area contributed by atoms with Gasteiger partial charge in [-0.3, -0.25) is 4.90 Å².